The van der Waals surface area contributed by atoms with Crippen LogP contribution in [0.2, 0.25) is 0 Å². The zero-order valence-electron chi connectivity index (χ0n) is 16.6. The summed E-state index contributed by atoms with van der Waals surface area (Å²) in [5.41, 5.74) is 1.44. The number of nitrogens with zero attached hydrogens (tertiary/aromatic N) is 3. The lowest BCUT2D eigenvalue weighted by Gasteiger charge is -2.31. The van der Waals surface area contributed by atoms with Crippen LogP contribution < -0.4 is 15.5 Å². The summed E-state index contributed by atoms with van der Waals surface area (Å²) in [4.78, 5) is 27.1. The highest BCUT2D eigenvalue weighted by atomic mass is 32.1. The van der Waals surface area contributed by atoms with Crippen molar-refractivity contribution in [3.63, 3.8) is 0 Å². The van der Waals surface area contributed by atoms with Crippen molar-refractivity contribution in [1.82, 2.24) is 0 Å². The number of hydrogen-bond donors (Lipinski definition) is 1. The first kappa shape index (κ1) is 22.6. The fourth-order valence-electron chi connectivity index (χ4n) is 4.00. The Morgan fingerprint density at radius 1 is 1.21 bits per heavy atom. The second-order valence-electron chi connectivity index (χ2n) is 7.46. The number of carbonyl (C=O) groups is 2. The number of ether oxygens (including phenoxy) is 1. The molecule has 12 heteroatoms. The molecule has 2 aliphatic heterocycles. The van der Waals surface area contributed by atoms with Crippen LogP contribution in [0.1, 0.15) is 27.9 Å². The van der Waals surface area contributed by atoms with Crippen molar-refractivity contribution in [2.24, 2.45) is 5.73 Å². The van der Waals surface area contributed by atoms with Gasteiger partial charge in [0, 0.05) is 18.7 Å². The Morgan fingerprint density at radius 2 is 1.91 bits per heavy atom. The smallest absolute Gasteiger partial charge is 0.378 e. The molecule has 1 spiro atoms. The van der Waals surface area contributed by atoms with Gasteiger partial charge in [-0.25, -0.2) is 4.39 Å². The van der Waals surface area contributed by atoms with E-state index in [1.54, 1.807) is 0 Å². The molecule has 2 aromatic rings. The zero-order chi connectivity index (χ0) is 24.1. The number of anilines is 2. The lowest BCUT2D eigenvalue weighted by atomic mass is 9.95. The third kappa shape index (κ3) is 3.49. The Balaban J connectivity index is 1.85. The van der Waals surface area contributed by atoms with Crippen LogP contribution in [-0.4, -0.2) is 35.7 Å². The predicted octanol–water partition coefficient (Wildman–Crippen LogP) is 3.11. The summed E-state index contributed by atoms with van der Waals surface area (Å²) in [5.74, 6) is -2.58. The third-order valence-corrected chi connectivity index (χ3v) is 5.94. The molecule has 2 heterocycles. The first-order valence-corrected chi connectivity index (χ1v) is 9.89. The largest absolute Gasteiger partial charge is 0.417 e. The lowest BCUT2D eigenvalue weighted by Crippen LogP contribution is -2.50. The molecule has 2 N–H and O–H groups in total. The normalized spacial score (nSPS) is 20.6. The van der Waals surface area contributed by atoms with E-state index in [1.165, 1.54) is 23.1 Å². The van der Waals surface area contributed by atoms with Crippen molar-refractivity contribution in [2.45, 2.75) is 18.1 Å². The van der Waals surface area contributed by atoms with Gasteiger partial charge in [0.1, 0.15) is 5.82 Å². The van der Waals surface area contributed by atoms with Crippen LogP contribution in [0.4, 0.5) is 28.9 Å². The Hall–Kier alpha value is -3.56. The second kappa shape index (κ2) is 7.79. The number of rotatable bonds is 3. The highest BCUT2D eigenvalue weighted by Gasteiger charge is 2.58. The van der Waals surface area contributed by atoms with E-state index in [4.69, 9.17) is 28.0 Å². The van der Waals surface area contributed by atoms with Crippen LogP contribution >= 0.6 is 12.2 Å². The number of carbonyl (C=O) groups excluding carboxylic acids is 2. The second-order valence-corrected chi connectivity index (χ2v) is 7.83. The van der Waals surface area contributed by atoms with Crippen molar-refractivity contribution in [3.8, 4) is 6.07 Å². The van der Waals surface area contributed by atoms with E-state index >= 15 is 0 Å². The molecule has 0 aromatic heterocycles. The van der Waals surface area contributed by atoms with E-state index in [0.29, 0.717) is 6.07 Å². The molecular weight excluding hydrogens is 464 g/mol. The SMILES string of the molecule is N#Cc1ccc(N2C(=O)[C@]3(CCOC3)N(c3ccc(C(N)=O)c(F)c3)C2=S)cc1C(F)(F)F. The number of primary amides is 1. The van der Waals surface area contributed by atoms with Gasteiger partial charge in [0.15, 0.2) is 10.7 Å². The molecule has 2 aromatic carbocycles. The molecule has 2 aliphatic rings. The van der Waals surface area contributed by atoms with Gasteiger partial charge in [0.2, 0.25) is 0 Å². The predicted molar refractivity (Wildman–Crippen MR) is 112 cm³/mol. The third-order valence-electron chi connectivity index (χ3n) is 5.58. The van der Waals surface area contributed by atoms with Gasteiger partial charge in [-0.05, 0) is 48.6 Å². The number of halogens is 4. The molecule has 0 saturated carbocycles. The molecule has 4 rings (SSSR count). The van der Waals surface area contributed by atoms with Gasteiger partial charge in [-0.1, -0.05) is 0 Å². The number of thiocarbonyl (C=S) groups is 1. The lowest BCUT2D eigenvalue weighted by molar-refractivity contribution is -0.137. The molecule has 2 saturated heterocycles. The van der Waals surface area contributed by atoms with Crippen LogP contribution in [0, 0.1) is 17.1 Å². The Morgan fingerprint density at radius 3 is 2.45 bits per heavy atom. The van der Waals surface area contributed by atoms with Crippen molar-refractivity contribution < 1.29 is 31.9 Å². The van der Waals surface area contributed by atoms with Gasteiger partial charge in [-0.15, -0.1) is 0 Å². The van der Waals surface area contributed by atoms with Gasteiger partial charge >= 0.3 is 6.18 Å². The van der Waals surface area contributed by atoms with Gasteiger partial charge in [-0.2, -0.15) is 18.4 Å². The minimum absolute atomic E-state index is 0.105. The minimum atomic E-state index is -4.84. The quantitative estimate of drug-likeness (QED) is 0.538. The van der Waals surface area contributed by atoms with E-state index in [2.05, 4.69) is 0 Å². The number of hydrogen-bond acceptors (Lipinski definition) is 5. The highest BCUT2D eigenvalue weighted by Crippen LogP contribution is 2.43. The number of amides is 2. The summed E-state index contributed by atoms with van der Waals surface area (Å²) in [7, 11) is 0. The maximum absolute atomic E-state index is 14.5. The Bertz CT molecular complexity index is 1230. The van der Waals surface area contributed by atoms with Crippen LogP contribution in [-0.2, 0) is 15.7 Å². The van der Waals surface area contributed by atoms with Crippen molar-refractivity contribution in [1.29, 1.82) is 5.26 Å². The summed E-state index contributed by atoms with van der Waals surface area (Å²) in [6.07, 6.45) is -4.70. The summed E-state index contributed by atoms with van der Waals surface area (Å²) < 4.78 is 60.3. The average Bonchev–Trinajstić information content (AvgIpc) is 3.31. The van der Waals surface area contributed by atoms with E-state index in [9.17, 15) is 27.2 Å². The van der Waals surface area contributed by atoms with Crippen LogP contribution in [0.25, 0.3) is 0 Å². The monoisotopic (exact) mass is 478 g/mol. The zero-order valence-corrected chi connectivity index (χ0v) is 17.5. The number of nitriles is 1. The van der Waals surface area contributed by atoms with E-state index < -0.39 is 40.5 Å². The molecule has 170 valence electrons. The fourth-order valence-corrected chi connectivity index (χ4v) is 4.47. The first-order valence-electron chi connectivity index (χ1n) is 9.48. The molecule has 2 fully saturated rings. The van der Waals surface area contributed by atoms with Crippen molar-refractivity contribution >= 4 is 40.5 Å². The number of benzene rings is 2. The summed E-state index contributed by atoms with van der Waals surface area (Å²) in [6.45, 7) is 0.0335. The average molecular weight is 478 g/mol. The maximum Gasteiger partial charge on any atom is 0.417 e. The molecule has 0 radical (unpaired) electrons. The maximum atomic E-state index is 14.5. The molecule has 0 bridgehead atoms. The Kier molecular flexibility index (Phi) is 5.34. The number of alkyl halides is 3. The highest BCUT2D eigenvalue weighted by molar-refractivity contribution is 7.81. The van der Waals surface area contributed by atoms with Crippen molar-refractivity contribution in [2.75, 3.05) is 23.0 Å². The van der Waals surface area contributed by atoms with Gasteiger partial charge in [0.25, 0.3) is 11.8 Å². The molecule has 33 heavy (non-hydrogen) atoms. The molecule has 1 atom stereocenters. The molecule has 0 aliphatic carbocycles. The number of nitrogens with two attached hydrogens (primary N) is 1. The van der Waals surface area contributed by atoms with Crippen LogP contribution in [0.5, 0.6) is 0 Å². The van der Waals surface area contributed by atoms with E-state index in [-0.39, 0.29) is 41.7 Å². The van der Waals surface area contributed by atoms with Gasteiger partial charge in [-0.3, -0.25) is 14.5 Å². The summed E-state index contributed by atoms with van der Waals surface area (Å²) in [5, 5.41) is 8.84. The fraction of sp³-hybridized carbons (Fsp3) is 0.238. The standard InChI is InChI=1S/C21H14F4N4O3S/c22-16-8-13(3-4-14(16)17(27)30)29-19(33)28(18(31)20(29)5-6-32-10-20)12-2-1-11(9-26)15(7-12)21(23,24)25/h1-4,7-8H,5-6,10H2,(H2,27,30)/t20-/m1/s1. The van der Waals surface area contributed by atoms with Gasteiger partial charge in [0.05, 0.1) is 35.1 Å². The van der Waals surface area contributed by atoms with Crippen molar-refractivity contribution in [3.05, 3.63) is 58.9 Å². The summed E-state index contributed by atoms with van der Waals surface area (Å²) in [6, 6.07) is 7.74. The molecule has 0 unspecified atom stereocenters. The Labute approximate surface area is 189 Å². The molecular formula is C21H14F4N4O3S. The van der Waals surface area contributed by atoms with E-state index in [0.717, 1.165) is 23.1 Å². The first-order chi connectivity index (χ1) is 15.5. The minimum Gasteiger partial charge on any atom is -0.378 e. The van der Waals surface area contributed by atoms with E-state index in [1.807, 2.05) is 0 Å². The van der Waals surface area contributed by atoms with Crippen LogP contribution in [0.3, 0.4) is 0 Å². The van der Waals surface area contributed by atoms with Gasteiger partial charge < -0.3 is 15.4 Å². The summed E-state index contributed by atoms with van der Waals surface area (Å²) >= 11 is 5.45. The molecule has 2 amide bonds. The van der Waals surface area contributed by atoms with Crippen LogP contribution in [0.15, 0.2) is 36.4 Å². The molecule has 7 nitrogen and oxygen atoms in total. The topological polar surface area (TPSA) is 99.7 Å².